The number of allylic oxidation sites excluding steroid dienone is 1. The molecule has 7 heteroatoms. The van der Waals surface area contributed by atoms with E-state index in [-0.39, 0.29) is 11.8 Å². The van der Waals surface area contributed by atoms with Crippen LogP contribution in [-0.4, -0.2) is 19.3 Å². The summed E-state index contributed by atoms with van der Waals surface area (Å²) in [6.07, 6.45) is 12.5. The van der Waals surface area contributed by atoms with Crippen molar-refractivity contribution in [2.45, 2.75) is 62.7 Å². The lowest BCUT2D eigenvalue weighted by atomic mass is 9.80. The molecule has 0 saturated heterocycles. The summed E-state index contributed by atoms with van der Waals surface area (Å²) in [6, 6.07) is 8.61. The first-order valence-electron chi connectivity index (χ1n) is 11.7. The molecule has 2 aromatic heterocycles. The fourth-order valence-electron chi connectivity index (χ4n) is 5.43. The van der Waals surface area contributed by atoms with Crippen molar-refractivity contribution in [1.29, 1.82) is 0 Å². The zero-order chi connectivity index (χ0) is 21.8. The van der Waals surface area contributed by atoms with Crippen LogP contribution >= 0.6 is 0 Å². The summed E-state index contributed by atoms with van der Waals surface area (Å²) in [5, 5.41) is 4.90. The number of nitrogens with zero attached hydrogens (tertiary/aromatic N) is 4. The summed E-state index contributed by atoms with van der Waals surface area (Å²) in [5.74, 6) is 3.04. The van der Waals surface area contributed by atoms with Crippen molar-refractivity contribution in [3.05, 3.63) is 70.9 Å². The first kappa shape index (κ1) is 19.5. The van der Waals surface area contributed by atoms with Gasteiger partial charge >= 0.3 is 0 Å². The van der Waals surface area contributed by atoms with Gasteiger partial charge in [-0.05, 0) is 43.4 Å². The molecule has 2 aliphatic carbocycles. The number of rotatable bonds is 4. The first-order valence-corrected chi connectivity index (χ1v) is 11.7. The van der Waals surface area contributed by atoms with Gasteiger partial charge in [0.2, 0.25) is 11.8 Å². The van der Waals surface area contributed by atoms with Crippen LogP contribution in [0.5, 0.6) is 5.88 Å². The minimum Gasteiger partial charge on any atom is -0.421 e. The van der Waals surface area contributed by atoms with Gasteiger partial charge < -0.3 is 20.8 Å². The molecular weight excluding hydrogens is 400 g/mol. The molecule has 4 N–H and O–H groups in total. The van der Waals surface area contributed by atoms with Gasteiger partial charge in [-0.2, -0.15) is 5.10 Å². The van der Waals surface area contributed by atoms with Gasteiger partial charge in [0.05, 0.1) is 22.9 Å². The average Bonchev–Trinajstić information content (AvgIpc) is 3.46. The topological polar surface area (TPSA) is 96.9 Å². The zero-order valence-electron chi connectivity index (χ0n) is 18.5. The molecule has 3 heterocycles. The highest BCUT2D eigenvalue weighted by Gasteiger charge is 2.37. The first-order chi connectivity index (χ1) is 15.6. The predicted molar refractivity (Wildman–Crippen MR) is 122 cm³/mol. The fourth-order valence-corrected chi connectivity index (χ4v) is 5.43. The number of hydrogen-bond acceptors (Lipinski definition) is 5. The molecule has 0 bridgehead atoms. The SMILES string of the molecule is Cn1nc(C2CCCCC2)c2c1OC(N)=C(N)C2c1ccc(-n2ccnc2C2CC2)cc1. The lowest BCUT2D eigenvalue weighted by Gasteiger charge is -2.28. The molecule has 1 aromatic carbocycles. The Bertz CT molecular complexity index is 1180. The van der Waals surface area contributed by atoms with Crippen molar-refractivity contribution in [2.75, 3.05) is 0 Å². The van der Waals surface area contributed by atoms with Crippen LogP contribution in [-0.2, 0) is 7.05 Å². The van der Waals surface area contributed by atoms with Crippen LogP contribution in [0.25, 0.3) is 5.69 Å². The molecule has 166 valence electrons. The maximum atomic E-state index is 6.56. The Kier molecular flexibility index (Phi) is 4.52. The monoisotopic (exact) mass is 430 g/mol. The van der Waals surface area contributed by atoms with Gasteiger partial charge in [0.25, 0.3) is 0 Å². The third-order valence-corrected chi connectivity index (χ3v) is 7.26. The Morgan fingerprint density at radius 3 is 2.44 bits per heavy atom. The van der Waals surface area contributed by atoms with E-state index < -0.39 is 0 Å². The maximum absolute atomic E-state index is 6.56. The molecule has 1 unspecified atom stereocenters. The van der Waals surface area contributed by atoms with Crippen LogP contribution in [0.15, 0.2) is 48.2 Å². The van der Waals surface area contributed by atoms with Crippen LogP contribution < -0.4 is 16.2 Å². The standard InChI is InChI=1S/C25H30N6O/c1-30-25-20(22(29-30)16-5-3-2-4-6-16)19(21(26)23(27)32-25)15-9-11-18(12-10-15)31-14-13-28-24(31)17-7-8-17/h9-14,16-17,19H,2-8,26-27H2,1H3. The second-order valence-corrected chi connectivity index (χ2v) is 9.44. The third-order valence-electron chi connectivity index (χ3n) is 7.26. The van der Waals surface area contributed by atoms with Gasteiger partial charge in [-0.1, -0.05) is 31.4 Å². The van der Waals surface area contributed by atoms with E-state index >= 15 is 0 Å². The molecule has 32 heavy (non-hydrogen) atoms. The molecule has 0 spiro atoms. The summed E-state index contributed by atoms with van der Waals surface area (Å²) < 4.78 is 9.97. The van der Waals surface area contributed by atoms with Gasteiger partial charge in [0.15, 0.2) is 0 Å². The van der Waals surface area contributed by atoms with Gasteiger partial charge in [-0.3, -0.25) is 0 Å². The number of aromatic nitrogens is 4. The van der Waals surface area contributed by atoms with Crippen LogP contribution in [0.2, 0.25) is 0 Å². The van der Waals surface area contributed by atoms with E-state index in [0.717, 1.165) is 34.2 Å². The molecule has 0 radical (unpaired) electrons. The molecule has 1 aliphatic heterocycles. The number of ether oxygens (including phenoxy) is 1. The van der Waals surface area contributed by atoms with E-state index in [1.54, 1.807) is 0 Å². The second kappa shape index (κ2) is 7.43. The van der Waals surface area contributed by atoms with Crippen molar-refractivity contribution in [3.63, 3.8) is 0 Å². The van der Waals surface area contributed by atoms with Crippen LogP contribution in [0.4, 0.5) is 0 Å². The summed E-state index contributed by atoms with van der Waals surface area (Å²) in [7, 11) is 1.93. The van der Waals surface area contributed by atoms with Crippen molar-refractivity contribution < 1.29 is 4.74 Å². The highest BCUT2D eigenvalue weighted by molar-refractivity contribution is 5.53. The quantitative estimate of drug-likeness (QED) is 0.648. The summed E-state index contributed by atoms with van der Waals surface area (Å²) in [4.78, 5) is 4.58. The van der Waals surface area contributed by atoms with Crippen molar-refractivity contribution in [3.8, 4) is 11.6 Å². The van der Waals surface area contributed by atoms with Crippen LogP contribution in [0.3, 0.4) is 0 Å². The van der Waals surface area contributed by atoms with E-state index in [9.17, 15) is 0 Å². The largest absolute Gasteiger partial charge is 0.421 e. The third kappa shape index (κ3) is 3.10. The number of hydrogen-bond donors (Lipinski definition) is 2. The highest BCUT2D eigenvalue weighted by atomic mass is 16.5. The molecule has 3 aromatic rings. The van der Waals surface area contributed by atoms with Gasteiger partial charge in [-0.15, -0.1) is 0 Å². The van der Waals surface area contributed by atoms with Crippen molar-refractivity contribution >= 4 is 0 Å². The van der Waals surface area contributed by atoms with Crippen molar-refractivity contribution in [1.82, 2.24) is 19.3 Å². The zero-order valence-corrected chi connectivity index (χ0v) is 18.5. The Balaban J connectivity index is 1.41. The van der Waals surface area contributed by atoms with E-state index in [4.69, 9.17) is 21.3 Å². The Hall–Kier alpha value is -3.22. The molecule has 1 atom stereocenters. The normalized spacial score (nSPS) is 21.5. The van der Waals surface area contributed by atoms with Crippen LogP contribution in [0.1, 0.15) is 85.3 Å². The van der Waals surface area contributed by atoms with E-state index in [0.29, 0.717) is 17.5 Å². The molecular formula is C25H30N6O. The number of benzene rings is 1. The Morgan fingerprint density at radius 2 is 1.72 bits per heavy atom. The number of imidazole rings is 1. The number of aryl methyl sites for hydroxylation is 1. The maximum Gasteiger partial charge on any atom is 0.224 e. The smallest absolute Gasteiger partial charge is 0.224 e. The lowest BCUT2D eigenvalue weighted by molar-refractivity contribution is 0.354. The van der Waals surface area contributed by atoms with E-state index in [1.165, 1.54) is 44.9 Å². The molecule has 6 rings (SSSR count). The lowest BCUT2D eigenvalue weighted by Crippen LogP contribution is -2.27. The highest BCUT2D eigenvalue weighted by Crippen LogP contribution is 2.47. The Labute approximate surface area is 188 Å². The summed E-state index contributed by atoms with van der Waals surface area (Å²) in [5.41, 5.74) is 17.8. The molecule has 3 aliphatic rings. The fraction of sp³-hybridized carbons (Fsp3) is 0.440. The summed E-state index contributed by atoms with van der Waals surface area (Å²) in [6.45, 7) is 0. The molecule has 2 saturated carbocycles. The Morgan fingerprint density at radius 1 is 0.969 bits per heavy atom. The minimum absolute atomic E-state index is 0.149. The average molecular weight is 431 g/mol. The van der Waals surface area contributed by atoms with E-state index in [1.807, 2.05) is 24.1 Å². The minimum atomic E-state index is -0.149. The van der Waals surface area contributed by atoms with E-state index in [2.05, 4.69) is 33.8 Å². The van der Waals surface area contributed by atoms with Crippen molar-refractivity contribution in [2.24, 2.45) is 18.5 Å². The predicted octanol–water partition coefficient (Wildman–Crippen LogP) is 4.14. The van der Waals surface area contributed by atoms with Gasteiger partial charge in [-0.25, -0.2) is 9.67 Å². The second-order valence-electron chi connectivity index (χ2n) is 9.44. The molecule has 2 fully saturated rings. The number of fused-ring (bicyclic) bond motifs is 1. The van der Waals surface area contributed by atoms with Gasteiger partial charge in [0, 0.05) is 37.0 Å². The number of nitrogens with two attached hydrogens (primary N) is 2. The molecule has 7 nitrogen and oxygen atoms in total. The van der Waals surface area contributed by atoms with Crippen LogP contribution in [0, 0.1) is 0 Å². The summed E-state index contributed by atoms with van der Waals surface area (Å²) >= 11 is 0. The molecule has 0 amide bonds. The van der Waals surface area contributed by atoms with Gasteiger partial charge in [0.1, 0.15) is 5.82 Å².